The zero-order chi connectivity index (χ0) is 20.8. The maximum Gasteiger partial charge on any atom is 0.237 e. The molecule has 2 atom stereocenters. The Morgan fingerprint density at radius 3 is 2.55 bits per heavy atom. The van der Waals surface area contributed by atoms with Crippen molar-refractivity contribution >= 4 is 5.91 Å². The summed E-state index contributed by atoms with van der Waals surface area (Å²) < 4.78 is 7.25. The van der Waals surface area contributed by atoms with Gasteiger partial charge in [-0.05, 0) is 39.1 Å². The van der Waals surface area contributed by atoms with Crippen LogP contribution in [0.2, 0.25) is 0 Å². The first-order chi connectivity index (χ1) is 14.0. The number of hydrogen-bond donors (Lipinski definition) is 1. The van der Waals surface area contributed by atoms with E-state index >= 15 is 0 Å². The van der Waals surface area contributed by atoms with E-state index in [0.29, 0.717) is 6.54 Å². The zero-order valence-electron chi connectivity index (χ0n) is 17.4. The van der Waals surface area contributed by atoms with Crippen molar-refractivity contribution in [2.75, 3.05) is 14.2 Å². The van der Waals surface area contributed by atoms with Crippen LogP contribution in [0.5, 0.6) is 5.75 Å². The minimum Gasteiger partial charge on any atom is -0.496 e. The number of carbonyl (C=O) groups excluding carboxylic acids is 1. The maximum absolute atomic E-state index is 12.8. The molecule has 0 aliphatic heterocycles. The lowest BCUT2D eigenvalue weighted by Gasteiger charge is -2.25. The summed E-state index contributed by atoms with van der Waals surface area (Å²) in [7, 11) is 3.58. The fourth-order valence-corrected chi connectivity index (χ4v) is 3.22. The van der Waals surface area contributed by atoms with Gasteiger partial charge in [-0.1, -0.05) is 36.4 Å². The van der Waals surface area contributed by atoms with Crippen molar-refractivity contribution in [1.29, 1.82) is 0 Å². The molecule has 29 heavy (non-hydrogen) atoms. The van der Waals surface area contributed by atoms with Crippen LogP contribution in [-0.4, -0.2) is 40.8 Å². The van der Waals surface area contributed by atoms with E-state index in [-0.39, 0.29) is 18.0 Å². The highest BCUT2D eigenvalue weighted by Gasteiger charge is 2.22. The first-order valence-electron chi connectivity index (χ1n) is 9.72. The van der Waals surface area contributed by atoms with E-state index in [2.05, 4.69) is 10.4 Å². The zero-order valence-corrected chi connectivity index (χ0v) is 17.4. The number of methoxy groups -OCH3 is 1. The fourth-order valence-electron chi connectivity index (χ4n) is 3.22. The molecule has 152 valence electrons. The Bertz CT molecular complexity index is 939. The van der Waals surface area contributed by atoms with Crippen molar-refractivity contribution in [3.05, 3.63) is 78.1 Å². The Hall–Kier alpha value is -3.12. The SMILES string of the molecule is COc1ccccc1C(C)NC(=O)C(C)N(C)Cc1cnn(-c2ccccc2)c1. The average molecular weight is 393 g/mol. The normalized spacial score (nSPS) is 13.1. The lowest BCUT2D eigenvalue weighted by atomic mass is 10.1. The predicted octanol–water partition coefficient (Wildman–Crippen LogP) is 3.58. The van der Waals surface area contributed by atoms with Crippen LogP contribution in [0.4, 0.5) is 0 Å². The highest BCUT2D eigenvalue weighted by molar-refractivity contribution is 5.81. The van der Waals surface area contributed by atoms with E-state index in [4.69, 9.17) is 4.74 Å². The standard InChI is InChI=1S/C23H28N4O2/c1-17(21-12-8-9-13-22(21)29-4)25-23(28)18(2)26(3)15-19-14-24-27(16-19)20-10-6-5-7-11-20/h5-14,16-18H,15H2,1-4H3,(H,25,28). The van der Waals surface area contributed by atoms with Gasteiger partial charge in [0.1, 0.15) is 5.75 Å². The van der Waals surface area contributed by atoms with Gasteiger partial charge in [0.15, 0.2) is 0 Å². The fraction of sp³-hybridized carbons (Fsp3) is 0.304. The molecule has 0 aliphatic carbocycles. The molecule has 3 rings (SSSR count). The van der Waals surface area contributed by atoms with Gasteiger partial charge >= 0.3 is 0 Å². The molecule has 0 saturated heterocycles. The number of para-hydroxylation sites is 2. The summed E-state index contributed by atoms with van der Waals surface area (Å²) in [6, 6.07) is 17.3. The van der Waals surface area contributed by atoms with Crippen LogP contribution < -0.4 is 10.1 Å². The second kappa shape index (κ2) is 9.39. The lowest BCUT2D eigenvalue weighted by molar-refractivity contribution is -0.126. The maximum atomic E-state index is 12.8. The predicted molar refractivity (Wildman–Crippen MR) is 114 cm³/mol. The van der Waals surface area contributed by atoms with E-state index in [1.807, 2.05) is 97.5 Å². The number of benzene rings is 2. The van der Waals surface area contributed by atoms with E-state index in [0.717, 1.165) is 22.6 Å². The van der Waals surface area contributed by atoms with Crippen LogP contribution in [-0.2, 0) is 11.3 Å². The van der Waals surface area contributed by atoms with Crippen molar-refractivity contribution < 1.29 is 9.53 Å². The van der Waals surface area contributed by atoms with Crippen molar-refractivity contribution in [3.63, 3.8) is 0 Å². The van der Waals surface area contributed by atoms with Crippen molar-refractivity contribution in [3.8, 4) is 11.4 Å². The molecule has 3 aromatic rings. The molecule has 1 N–H and O–H groups in total. The Morgan fingerprint density at radius 2 is 1.83 bits per heavy atom. The van der Waals surface area contributed by atoms with Crippen LogP contribution in [0.3, 0.4) is 0 Å². The van der Waals surface area contributed by atoms with Gasteiger partial charge in [-0.25, -0.2) is 4.68 Å². The first-order valence-corrected chi connectivity index (χ1v) is 9.72. The summed E-state index contributed by atoms with van der Waals surface area (Å²) in [4.78, 5) is 14.8. The Kier molecular flexibility index (Phi) is 6.67. The number of nitrogens with zero attached hydrogens (tertiary/aromatic N) is 3. The van der Waals surface area contributed by atoms with Crippen LogP contribution in [0.15, 0.2) is 67.0 Å². The van der Waals surface area contributed by atoms with Crippen molar-refractivity contribution in [2.24, 2.45) is 0 Å². The van der Waals surface area contributed by atoms with Gasteiger partial charge in [-0.2, -0.15) is 5.10 Å². The lowest BCUT2D eigenvalue weighted by Crippen LogP contribution is -2.43. The summed E-state index contributed by atoms with van der Waals surface area (Å²) in [5.74, 6) is 0.746. The number of carbonyl (C=O) groups is 1. The first kappa shape index (κ1) is 20.6. The minimum absolute atomic E-state index is 0.0265. The van der Waals surface area contributed by atoms with Gasteiger partial charge in [0.2, 0.25) is 5.91 Å². The molecule has 0 fully saturated rings. The summed E-state index contributed by atoms with van der Waals surface area (Å²) in [6.07, 6.45) is 3.83. The molecule has 1 aromatic heterocycles. The molecular formula is C23H28N4O2. The third kappa shape index (κ3) is 5.03. The van der Waals surface area contributed by atoms with Gasteiger partial charge in [0.25, 0.3) is 0 Å². The monoisotopic (exact) mass is 392 g/mol. The summed E-state index contributed by atoms with van der Waals surface area (Å²) in [5, 5.41) is 7.51. The van der Waals surface area contributed by atoms with Gasteiger partial charge in [-0.15, -0.1) is 0 Å². The third-order valence-electron chi connectivity index (χ3n) is 5.09. The quantitative estimate of drug-likeness (QED) is 0.637. The molecule has 6 nitrogen and oxygen atoms in total. The number of likely N-dealkylation sites (N-methyl/N-ethyl adjacent to an activating group) is 1. The smallest absolute Gasteiger partial charge is 0.237 e. The molecule has 0 radical (unpaired) electrons. The number of aromatic nitrogens is 2. The van der Waals surface area contributed by atoms with Crippen LogP contribution in [0.1, 0.15) is 31.0 Å². The number of nitrogens with one attached hydrogen (secondary N) is 1. The Morgan fingerprint density at radius 1 is 1.14 bits per heavy atom. The number of rotatable bonds is 8. The van der Waals surface area contributed by atoms with Gasteiger partial charge in [0.05, 0.1) is 31.1 Å². The van der Waals surface area contributed by atoms with Gasteiger partial charge in [-0.3, -0.25) is 9.69 Å². The molecule has 1 heterocycles. The van der Waals surface area contributed by atoms with Crippen molar-refractivity contribution in [1.82, 2.24) is 20.0 Å². The van der Waals surface area contributed by atoms with E-state index in [1.165, 1.54) is 0 Å². The van der Waals surface area contributed by atoms with Crippen LogP contribution in [0.25, 0.3) is 5.69 Å². The molecule has 0 saturated carbocycles. The number of ether oxygens (including phenoxy) is 1. The third-order valence-corrected chi connectivity index (χ3v) is 5.09. The molecule has 0 aliphatic rings. The van der Waals surface area contributed by atoms with Crippen LogP contribution >= 0.6 is 0 Å². The van der Waals surface area contributed by atoms with E-state index in [9.17, 15) is 4.79 Å². The summed E-state index contributed by atoms with van der Waals surface area (Å²) >= 11 is 0. The molecular weight excluding hydrogens is 364 g/mol. The highest BCUT2D eigenvalue weighted by atomic mass is 16.5. The average Bonchev–Trinajstić information content (AvgIpc) is 3.22. The molecule has 0 spiro atoms. The Labute approximate surface area is 172 Å². The number of hydrogen-bond acceptors (Lipinski definition) is 4. The minimum atomic E-state index is -0.285. The summed E-state index contributed by atoms with van der Waals surface area (Å²) in [5.41, 5.74) is 3.02. The molecule has 2 aromatic carbocycles. The highest BCUT2D eigenvalue weighted by Crippen LogP contribution is 2.24. The topological polar surface area (TPSA) is 59.4 Å². The summed E-state index contributed by atoms with van der Waals surface area (Å²) in [6.45, 7) is 4.50. The van der Waals surface area contributed by atoms with Gasteiger partial charge < -0.3 is 10.1 Å². The molecule has 1 amide bonds. The van der Waals surface area contributed by atoms with Gasteiger partial charge in [0, 0.05) is 23.9 Å². The molecule has 0 bridgehead atoms. The second-order valence-electron chi connectivity index (χ2n) is 7.19. The largest absolute Gasteiger partial charge is 0.496 e. The molecule has 6 heteroatoms. The van der Waals surface area contributed by atoms with E-state index in [1.54, 1.807) is 7.11 Å². The van der Waals surface area contributed by atoms with E-state index < -0.39 is 0 Å². The van der Waals surface area contributed by atoms with Crippen molar-refractivity contribution in [2.45, 2.75) is 32.5 Å². The number of amides is 1. The van der Waals surface area contributed by atoms with Crippen LogP contribution in [0, 0.1) is 0 Å². The molecule has 2 unspecified atom stereocenters. The Balaban J connectivity index is 1.60. The second-order valence-corrected chi connectivity index (χ2v) is 7.19.